The van der Waals surface area contributed by atoms with Crippen molar-refractivity contribution in [1.82, 2.24) is 10.3 Å². The Hall–Kier alpha value is -2.99. The second-order valence-electron chi connectivity index (χ2n) is 9.30. The average Bonchev–Trinajstić information content (AvgIpc) is 3.24. The summed E-state index contributed by atoms with van der Waals surface area (Å²) in [4.78, 5) is 7.08. The smallest absolute Gasteiger partial charge is 0.127 e. The molecule has 2 saturated heterocycles. The first-order valence-corrected chi connectivity index (χ1v) is 12.4. The van der Waals surface area contributed by atoms with Crippen molar-refractivity contribution >= 4 is 23.4 Å². The molecule has 0 aliphatic carbocycles. The zero-order chi connectivity index (χ0) is 22.6. The molecule has 2 fully saturated rings. The minimum atomic E-state index is 0.686. The van der Waals surface area contributed by atoms with Crippen LogP contribution >= 0.6 is 0 Å². The Morgan fingerprint density at radius 3 is 1.97 bits per heavy atom. The third-order valence-electron chi connectivity index (χ3n) is 7.25. The fourth-order valence-electron chi connectivity index (χ4n) is 5.04. The molecule has 0 unspecified atom stereocenters. The molecule has 0 radical (unpaired) electrons. The first-order chi connectivity index (χ1) is 16.2. The molecule has 5 rings (SSSR count). The van der Waals surface area contributed by atoms with Gasteiger partial charge in [-0.2, -0.15) is 5.10 Å². The van der Waals surface area contributed by atoms with Crippen molar-refractivity contribution in [3.05, 3.63) is 66.5 Å². The lowest BCUT2D eigenvalue weighted by molar-refractivity contribution is 0.261. The van der Waals surface area contributed by atoms with E-state index in [1.165, 1.54) is 29.8 Å². The van der Waals surface area contributed by atoms with Crippen molar-refractivity contribution in [2.45, 2.75) is 26.2 Å². The molecule has 0 amide bonds. The predicted octanol–water partition coefficient (Wildman–Crippen LogP) is 4.11. The molecule has 3 heterocycles. The van der Waals surface area contributed by atoms with E-state index in [9.17, 15) is 0 Å². The van der Waals surface area contributed by atoms with Gasteiger partial charge in [-0.25, -0.2) is 5.01 Å². The Morgan fingerprint density at radius 2 is 1.39 bits per heavy atom. The third kappa shape index (κ3) is 4.86. The van der Waals surface area contributed by atoms with Crippen LogP contribution in [-0.4, -0.2) is 57.2 Å². The van der Waals surface area contributed by atoms with Crippen LogP contribution in [0.2, 0.25) is 0 Å². The molecule has 0 bridgehead atoms. The summed E-state index contributed by atoms with van der Waals surface area (Å²) in [6, 6.07) is 17.9. The van der Waals surface area contributed by atoms with Gasteiger partial charge >= 0.3 is 0 Å². The highest BCUT2D eigenvalue weighted by Gasteiger charge is 2.25. The van der Waals surface area contributed by atoms with Gasteiger partial charge in [0.15, 0.2) is 0 Å². The van der Waals surface area contributed by atoms with Gasteiger partial charge < -0.3 is 15.1 Å². The molecule has 3 aliphatic heterocycles. The van der Waals surface area contributed by atoms with E-state index in [1.807, 2.05) is 6.34 Å². The van der Waals surface area contributed by atoms with Gasteiger partial charge in [0.2, 0.25) is 0 Å². The van der Waals surface area contributed by atoms with Gasteiger partial charge in [-0.05, 0) is 80.2 Å². The highest BCUT2D eigenvalue weighted by molar-refractivity contribution is 5.85. The molecule has 0 saturated carbocycles. The van der Waals surface area contributed by atoms with E-state index >= 15 is 0 Å². The maximum absolute atomic E-state index is 4.63. The topological polar surface area (TPSA) is 37.4 Å². The Labute approximate surface area is 198 Å². The maximum atomic E-state index is 4.63. The van der Waals surface area contributed by atoms with Crippen LogP contribution in [0.25, 0.3) is 0 Å². The molecule has 0 spiro atoms. The summed E-state index contributed by atoms with van der Waals surface area (Å²) in [5.74, 6) is 1.63. The molecule has 0 atom stereocenters. The minimum absolute atomic E-state index is 0.686. The Morgan fingerprint density at radius 1 is 0.848 bits per heavy atom. The van der Waals surface area contributed by atoms with Crippen molar-refractivity contribution in [3.8, 4) is 0 Å². The van der Waals surface area contributed by atoms with Crippen LogP contribution in [0.5, 0.6) is 0 Å². The Balaban J connectivity index is 1.15. The third-order valence-corrected chi connectivity index (χ3v) is 7.25. The van der Waals surface area contributed by atoms with Crippen LogP contribution in [0.3, 0.4) is 0 Å². The number of hydrogen-bond donors (Lipinski definition) is 1. The van der Waals surface area contributed by atoms with Gasteiger partial charge in [0.05, 0.1) is 0 Å². The number of rotatable bonds is 6. The van der Waals surface area contributed by atoms with E-state index in [0.29, 0.717) is 5.92 Å². The molecule has 0 aromatic heterocycles. The lowest BCUT2D eigenvalue weighted by Crippen LogP contribution is -2.46. The number of hydrogen-bond acceptors (Lipinski definition) is 6. The lowest BCUT2D eigenvalue weighted by atomic mass is 9.98. The van der Waals surface area contributed by atoms with Crippen LogP contribution < -0.4 is 20.0 Å². The SMILES string of the molecule is C=C1N(CC2CCNCC2)N=CN1c1ccc(N2CCN(c3ccc(CC)cc3)CC2)cc1. The van der Waals surface area contributed by atoms with E-state index in [4.69, 9.17) is 0 Å². The summed E-state index contributed by atoms with van der Waals surface area (Å²) in [5.41, 5.74) is 5.14. The molecule has 6 heteroatoms. The summed E-state index contributed by atoms with van der Waals surface area (Å²) < 4.78 is 0. The molecule has 2 aromatic carbocycles. The van der Waals surface area contributed by atoms with E-state index in [2.05, 4.69) is 92.2 Å². The number of benzene rings is 2. The largest absolute Gasteiger partial charge is 0.368 e. The molecule has 33 heavy (non-hydrogen) atoms. The predicted molar refractivity (Wildman–Crippen MR) is 139 cm³/mol. The van der Waals surface area contributed by atoms with Crippen molar-refractivity contribution in [3.63, 3.8) is 0 Å². The minimum Gasteiger partial charge on any atom is -0.368 e. The van der Waals surface area contributed by atoms with Gasteiger partial charge in [0, 0.05) is 49.8 Å². The van der Waals surface area contributed by atoms with Crippen LogP contribution in [0.1, 0.15) is 25.3 Å². The summed E-state index contributed by atoms with van der Waals surface area (Å²) in [6.45, 7) is 13.9. The normalized spacial score (nSPS) is 19.6. The van der Waals surface area contributed by atoms with Crippen molar-refractivity contribution in [1.29, 1.82) is 0 Å². The highest BCUT2D eigenvalue weighted by atomic mass is 15.6. The van der Waals surface area contributed by atoms with E-state index in [1.54, 1.807) is 0 Å². The molecule has 174 valence electrons. The van der Waals surface area contributed by atoms with Gasteiger partial charge in [0.25, 0.3) is 0 Å². The maximum Gasteiger partial charge on any atom is 0.127 e. The number of aryl methyl sites for hydroxylation is 1. The average molecular weight is 445 g/mol. The summed E-state index contributed by atoms with van der Waals surface area (Å²) in [6.07, 6.45) is 5.43. The molecule has 3 aliphatic rings. The quantitative estimate of drug-likeness (QED) is 0.726. The van der Waals surface area contributed by atoms with E-state index in [0.717, 1.165) is 63.7 Å². The van der Waals surface area contributed by atoms with Gasteiger partial charge in [0.1, 0.15) is 12.2 Å². The van der Waals surface area contributed by atoms with Gasteiger partial charge in [-0.15, -0.1) is 0 Å². The van der Waals surface area contributed by atoms with Crippen LogP contribution in [0.15, 0.2) is 66.0 Å². The number of anilines is 3. The van der Waals surface area contributed by atoms with E-state index < -0.39 is 0 Å². The van der Waals surface area contributed by atoms with Crippen molar-refractivity contribution < 1.29 is 0 Å². The number of piperidine rings is 1. The van der Waals surface area contributed by atoms with Crippen LogP contribution in [0.4, 0.5) is 17.1 Å². The lowest BCUT2D eigenvalue weighted by Gasteiger charge is -2.37. The van der Waals surface area contributed by atoms with Crippen LogP contribution in [0, 0.1) is 5.92 Å². The van der Waals surface area contributed by atoms with Crippen molar-refractivity contribution in [2.24, 2.45) is 11.0 Å². The van der Waals surface area contributed by atoms with Crippen LogP contribution in [-0.2, 0) is 6.42 Å². The fraction of sp³-hybridized carbons (Fsp3) is 0.444. The summed E-state index contributed by atoms with van der Waals surface area (Å²) >= 11 is 0. The van der Waals surface area contributed by atoms with E-state index in [-0.39, 0.29) is 0 Å². The first-order valence-electron chi connectivity index (χ1n) is 12.4. The Bertz CT molecular complexity index is 953. The second-order valence-corrected chi connectivity index (χ2v) is 9.30. The number of nitrogens with zero attached hydrogens (tertiary/aromatic N) is 5. The molecule has 6 nitrogen and oxygen atoms in total. The Kier molecular flexibility index (Phi) is 6.53. The van der Waals surface area contributed by atoms with Crippen molar-refractivity contribution in [2.75, 3.05) is 60.5 Å². The first kappa shape index (κ1) is 21.8. The second kappa shape index (κ2) is 9.87. The zero-order valence-corrected chi connectivity index (χ0v) is 19.8. The number of hydrazone groups is 1. The van der Waals surface area contributed by atoms with Gasteiger partial charge in [-0.1, -0.05) is 25.6 Å². The van der Waals surface area contributed by atoms with Gasteiger partial charge in [-0.3, -0.25) is 4.90 Å². The highest BCUT2D eigenvalue weighted by Crippen LogP contribution is 2.28. The molecule has 2 aromatic rings. The fourth-order valence-corrected chi connectivity index (χ4v) is 5.04. The number of nitrogens with one attached hydrogen (secondary N) is 1. The zero-order valence-electron chi connectivity index (χ0n) is 19.8. The molecular formula is C27H36N6. The monoisotopic (exact) mass is 444 g/mol. The molecular weight excluding hydrogens is 408 g/mol. The number of piperazine rings is 1. The summed E-state index contributed by atoms with van der Waals surface area (Å²) in [7, 11) is 0. The molecule has 1 N–H and O–H groups in total. The standard InChI is InChI=1S/C27H36N6/c1-3-23-4-6-25(7-5-23)30-16-18-31(19-17-30)26-8-10-27(11-9-26)32-21-29-33(22(32)2)20-24-12-14-28-15-13-24/h4-11,21,24,28H,2-3,12-20H2,1H3. The summed E-state index contributed by atoms with van der Waals surface area (Å²) in [5, 5.41) is 10.1.